The van der Waals surface area contributed by atoms with Gasteiger partial charge in [0.2, 0.25) is 15.9 Å². The number of carbonyl (C=O) groups is 1. The Hall–Kier alpha value is -4.03. The number of halogens is 2. The summed E-state index contributed by atoms with van der Waals surface area (Å²) in [5.74, 6) is 0.134. The first-order valence-corrected chi connectivity index (χ1v) is 16.6. The molecular weight excluding hydrogens is 635 g/mol. The van der Waals surface area contributed by atoms with E-state index in [-0.39, 0.29) is 34.0 Å². The zero-order valence-electron chi connectivity index (χ0n) is 24.4. The van der Waals surface area contributed by atoms with E-state index in [1.54, 1.807) is 24.8 Å². The van der Waals surface area contributed by atoms with Gasteiger partial charge in [-0.3, -0.25) is 9.78 Å². The van der Waals surface area contributed by atoms with Gasteiger partial charge in [0.25, 0.3) is 0 Å². The summed E-state index contributed by atoms with van der Waals surface area (Å²) in [6.45, 7) is 2.33. The molecule has 1 aliphatic rings. The Kier molecular flexibility index (Phi) is 9.04. The van der Waals surface area contributed by atoms with Crippen LogP contribution in [0.15, 0.2) is 84.4 Å². The van der Waals surface area contributed by atoms with E-state index in [4.69, 9.17) is 32.9 Å². The number of hydrogen-bond donors (Lipinski definition) is 1. The first-order valence-electron chi connectivity index (χ1n) is 14.4. The van der Waals surface area contributed by atoms with Crippen molar-refractivity contribution in [1.82, 2.24) is 29.1 Å². The Morgan fingerprint density at radius 1 is 1.11 bits per heavy atom. The quantitative estimate of drug-likeness (QED) is 0.209. The SMILES string of the molecule is Cc1cc(-n2ccnc2)c2cccc(OCc3c(Cl)ccc(S(=O)(=O)N4CCC[C@H]4C(=O)NCCc4ccccn4)c3Cl)c2n1. The van der Waals surface area contributed by atoms with Crippen LogP contribution >= 0.6 is 23.2 Å². The lowest BCUT2D eigenvalue weighted by Gasteiger charge is -2.24. The first-order chi connectivity index (χ1) is 21.7. The standard InChI is InChI=1S/C32H30Cl2N6O4S/c1-21-18-27(39-17-15-35-20-39)23-7-4-9-28(31(23)38-21)44-19-24-25(33)10-11-29(30(24)34)45(42,43)40-16-5-8-26(40)32(41)37-14-12-22-6-2-3-13-36-22/h2-4,6-7,9-11,13,15,17-18,20,26H,5,8,12,14,16,19H2,1H3,(H,37,41)/t26-/m0/s1. The molecule has 2 aromatic carbocycles. The molecule has 1 fully saturated rings. The number of para-hydroxylation sites is 1. The zero-order valence-corrected chi connectivity index (χ0v) is 26.7. The van der Waals surface area contributed by atoms with E-state index in [0.29, 0.717) is 42.6 Å². The van der Waals surface area contributed by atoms with E-state index in [9.17, 15) is 13.2 Å². The van der Waals surface area contributed by atoms with Crippen molar-refractivity contribution in [2.24, 2.45) is 0 Å². The molecule has 45 heavy (non-hydrogen) atoms. The number of fused-ring (bicyclic) bond motifs is 1. The summed E-state index contributed by atoms with van der Waals surface area (Å²) in [5, 5.41) is 3.92. The lowest BCUT2D eigenvalue weighted by molar-refractivity contribution is -0.124. The van der Waals surface area contributed by atoms with Crippen molar-refractivity contribution in [1.29, 1.82) is 0 Å². The number of rotatable bonds is 10. The molecule has 10 nitrogen and oxygen atoms in total. The van der Waals surface area contributed by atoms with Gasteiger partial charge in [-0.05, 0) is 56.2 Å². The highest BCUT2D eigenvalue weighted by atomic mass is 35.5. The van der Waals surface area contributed by atoms with E-state index in [1.165, 1.54) is 16.4 Å². The maximum absolute atomic E-state index is 13.9. The Balaban J connectivity index is 1.22. The molecule has 0 aliphatic carbocycles. The van der Waals surface area contributed by atoms with Crippen molar-refractivity contribution < 1.29 is 17.9 Å². The molecular formula is C32H30Cl2N6O4S. The summed E-state index contributed by atoms with van der Waals surface area (Å²) in [4.78, 5) is 26.1. The van der Waals surface area contributed by atoms with Crippen molar-refractivity contribution in [3.63, 3.8) is 0 Å². The van der Waals surface area contributed by atoms with Gasteiger partial charge >= 0.3 is 0 Å². The fraction of sp³-hybridized carbons (Fsp3) is 0.250. The Labute approximate surface area is 271 Å². The van der Waals surface area contributed by atoms with Gasteiger partial charge in [-0.1, -0.05) is 41.4 Å². The normalized spacial score (nSPS) is 15.4. The highest BCUT2D eigenvalue weighted by molar-refractivity contribution is 7.89. The maximum Gasteiger partial charge on any atom is 0.245 e. The molecule has 0 unspecified atom stereocenters. The summed E-state index contributed by atoms with van der Waals surface area (Å²) in [6, 6.07) is 15.1. The van der Waals surface area contributed by atoms with Gasteiger partial charge in [0, 0.05) is 65.5 Å². The van der Waals surface area contributed by atoms with Crippen LogP contribution in [0.4, 0.5) is 0 Å². The minimum atomic E-state index is -4.14. The highest BCUT2D eigenvalue weighted by Gasteiger charge is 2.40. The lowest BCUT2D eigenvalue weighted by atomic mass is 10.1. The van der Waals surface area contributed by atoms with E-state index in [0.717, 1.165) is 22.5 Å². The molecule has 4 heterocycles. The van der Waals surface area contributed by atoms with Crippen LogP contribution in [0.5, 0.6) is 5.75 Å². The van der Waals surface area contributed by atoms with Crippen LogP contribution in [0.1, 0.15) is 29.8 Å². The monoisotopic (exact) mass is 664 g/mol. The molecule has 0 spiro atoms. The lowest BCUT2D eigenvalue weighted by Crippen LogP contribution is -2.46. The van der Waals surface area contributed by atoms with Crippen LogP contribution in [0.3, 0.4) is 0 Å². The van der Waals surface area contributed by atoms with Gasteiger partial charge < -0.3 is 14.6 Å². The number of benzene rings is 2. The van der Waals surface area contributed by atoms with Crippen LogP contribution in [0.2, 0.25) is 10.0 Å². The Morgan fingerprint density at radius 3 is 2.76 bits per heavy atom. The number of sulfonamides is 1. The predicted molar refractivity (Wildman–Crippen MR) is 172 cm³/mol. The molecule has 5 aromatic rings. The van der Waals surface area contributed by atoms with Crippen LogP contribution in [0, 0.1) is 6.92 Å². The maximum atomic E-state index is 13.9. The minimum absolute atomic E-state index is 0.0489. The number of carbonyl (C=O) groups excluding carboxylic acids is 1. The molecule has 0 saturated carbocycles. The second-order valence-electron chi connectivity index (χ2n) is 10.7. The first kappa shape index (κ1) is 31.0. The van der Waals surface area contributed by atoms with Crippen molar-refractivity contribution in [3.8, 4) is 11.4 Å². The number of hydrogen-bond acceptors (Lipinski definition) is 7. The number of amides is 1. The number of aromatic nitrogens is 4. The Morgan fingerprint density at radius 2 is 1.98 bits per heavy atom. The number of nitrogens with one attached hydrogen (secondary N) is 1. The van der Waals surface area contributed by atoms with Crippen molar-refractivity contribution in [2.45, 2.75) is 43.7 Å². The van der Waals surface area contributed by atoms with Gasteiger partial charge in [-0.15, -0.1) is 0 Å². The third-order valence-electron chi connectivity index (χ3n) is 7.71. The molecule has 0 bridgehead atoms. The molecule has 1 N–H and O–H groups in total. The topological polar surface area (TPSA) is 119 Å². The molecule has 1 atom stereocenters. The summed E-state index contributed by atoms with van der Waals surface area (Å²) in [5.41, 5.74) is 3.46. The minimum Gasteiger partial charge on any atom is -0.487 e. The fourth-order valence-electron chi connectivity index (χ4n) is 5.51. The number of ether oxygens (including phenoxy) is 1. The summed E-state index contributed by atoms with van der Waals surface area (Å²) < 4.78 is 37.1. The molecule has 0 radical (unpaired) electrons. The third-order valence-corrected chi connectivity index (χ3v) is 10.6. The van der Waals surface area contributed by atoms with Gasteiger partial charge in [-0.2, -0.15) is 4.31 Å². The molecule has 1 aliphatic heterocycles. The molecule has 3 aromatic heterocycles. The zero-order chi connectivity index (χ0) is 31.6. The van der Waals surface area contributed by atoms with Crippen molar-refractivity contribution >= 4 is 50.0 Å². The number of pyridine rings is 2. The van der Waals surface area contributed by atoms with Crippen LogP contribution in [-0.4, -0.2) is 57.3 Å². The largest absolute Gasteiger partial charge is 0.487 e. The number of imidazole rings is 1. The molecule has 6 rings (SSSR count). The highest BCUT2D eigenvalue weighted by Crippen LogP contribution is 2.37. The second kappa shape index (κ2) is 13.1. The molecule has 232 valence electrons. The number of aryl methyl sites for hydroxylation is 1. The molecule has 1 amide bonds. The molecule has 13 heteroatoms. The van der Waals surface area contributed by atoms with Crippen LogP contribution in [0.25, 0.3) is 16.6 Å². The second-order valence-corrected chi connectivity index (χ2v) is 13.3. The van der Waals surface area contributed by atoms with Gasteiger partial charge in [0.05, 0.1) is 17.0 Å². The van der Waals surface area contributed by atoms with Crippen molar-refractivity contribution in [3.05, 3.63) is 107 Å². The van der Waals surface area contributed by atoms with Crippen molar-refractivity contribution in [2.75, 3.05) is 13.1 Å². The average Bonchev–Trinajstić information content (AvgIpc) is 3.75. The van der Waals surface area contributed by atoms with Gasteiger partial charge in [0.1, 0.15) is 28.8 Å². The summed E-state index contributed by atoms with van der Waals surface area (Å²) in [7, 11) is -4.14. The van der Waals surface area contributed by atoms with Crippen LogP contribution < -0.4 is 10.1 Å². The third kappa shape index (κ3) is 6.39. The Bertz CT molecular complexity index is 1960. The van der Waals surface area contributed by atoms with Gasteiger partial charge in [-0.25, -0.2) is 18.4 Å². The fourth-order valence-corrected chi connectivity index (χ4v) is 8.03. The smallest absolute Gasteiger partial charge is 0.245 e. The van der Waals surface area contributed by atoms with E-state index in [1.807, 2.05) is 54.1 Å². The number of nitrogens with zero attached hydrogens (tertiary/aromatic N) is 5. The predicted octanol–water partition coefficient (Wildman–Crippen LogP) is 5.52. The summed E-state index contributed by atoms with van der Waals surface area (Å²) >= 11 is 13.3. The average molecular weight is 666 g/mol. The summed E-state index contributed by atoms with van der Waals surface area (Å²) in [6.07, 6.45) is 8.45. The van der Waals surface area contributed by atoms with E-state index < -0.39 is 16.1 Å². The van der Waals surface area contributed by atoms with E-state index in [2.05, 4.69) is 15.3 Å². The van der Waals surface area contributed by atoms with Crippen LogP contribution in [-0.2, 0) is 27.8 Å². The molecule has 1 saturated heterocycles. The van der Waals surface area contributed by atoms with Gasteiger partial charge in [0.15, 0.2) is 0 Å². The van der Waals surface area contributed by atoms with E-state index >= 15 is 0 Å².